The van der Waals surface area contributed by atoms with Crippen LogP contribution in [-0.4, -0.2) is 39.3 Å². The van der Waals surface area contributed by atoms with Gasteiger partial charge in [0.15, 0.2) is 0 Å². The van der Waals surface area contributed by atoms with Crippen molar-refractivity contribution < 1.29 is 5.11 Å². The van der Waals surface area contributed by atoms with Gasteiger partial charge in [-0.2, -0.15) is 0 Å². The van der Waals surface area contributed by atoms with Crippen LogP contribution in [0.1, 0.15) is 18.5 Å². The average molecular weight is 210 g/mol. The third-order valence-corrected chi connectivity index (χ3v) is 3.00. The Bertz CT molecular complexity index is 306. The molecule has 0 aromatic carbocycles. The highest BCUT2D eigenvalue weighted by Crippen LogP contribution is 2.18. The molecule has 5 heteroatoms. The molecule has 0 saturated carbocycles. The van der Waals surface area contributed by atoms with E-state index in [0.29, 0.717) is 12.3 Å². The van der Waals surface area contributed by atoms with E-state index in [-0.39, 0.29) is 6.10 Å². The van der Waals surface area contributed by atoms with E-state index in [0.717, 1.165) is 31.6 Å². The number of aliphatic hydroxyl groups excluding tert-OH is 1. The maximum absolute atomic E-state index is 10.0. The number of nitrogens with one attached hydrogen (secondary N) is 1. The number of aryl methyl sites for hydroxylation is 1. The van der Waals surface area contributed by atoms with Crippen molar-refractivity contribution in [2.75, 3.05) is 13.1 Å². The molecule has 2 N–H and O–H groups in total. The molecule has 2 rings (SSSR count). The third-order valence-electron chi connectivity index (χ3n) is 3.00. The number of hydrogen-bond donors (Lipinski definition) is 2. The molecule has 84 valence electrons. The van der Waals surface area contributed by atoms with Crippen LogP contribution in [0.15, 0.2) is 6.20 Å². The van der Waals surface area contributed by atoms with Gasteiger partial charge in [-0.25, -0.2) is 0 Å². The Morgan fingerprint density at radius 1 is 1.60 bits per heavy atom. The van der Waals surface area contributed by atoms with Gasteiger partial charge in [-0.15, -0.1) is 5.10 Å². The lowest BCUT2D eigenvalue weighted by Gasteiger charge is -2.26. The number of nitrogens with zero attached hydrogens (tertiary/aromatic N) is 3. The van der Waals surface area contributed by atoms with Crippen molar-refractivity contribution in [2.24, 2.45) is 13.0 Å². The van der Waals surface area contributed by atoms with Gasteiger partial charge in [-0.1, -0.05) is 5.21 Å². The molecule has 1 fully saturated rings. The van der Waals surface area contributed by atoms with E-state index in [4.69, 9.17) is 0 Å². The van der Waals surface area contributed by atoms with Crippen molar-refractivity contribution >= 4 is 0 Å². The highest BCUT2D eigenvalue weighted by atomic mass is 16.3. The molecule has 0 aliphatic carbocycles. The van der Waals surface area contributed by atoms with E-state index in [1.54, 1.807) is 4.68 Å². The summed E-state index contributed by atoms with van der Waals surface area (Å²) in [6, 6.07) is 0. The van der Waals surface area contributed by atoms with Crippen LogP contribution < -0.4 is 5.32 Å². The fourth-order valence-electron chi connectivity index (χ4n) is 2.10. The van der Waals surface area contributed by atoms with Crippen molar-refractivity contribution in [3.63, 3.8) is 0 Å². The Hall–Kier alpha value is -0.940. The summed E-state index contributed by atoms with van der Waals surface area (Å²) in [7, 11) is 1.84. The zero-order valence-electron chi connectivity index (χ0n) is 9.06. The second-order valence-corrected chi connectivity index (χ2v) is 4.24. The van der Waals surface area contributed by atoms with Crippen LogP contribution in [0.2, 0.25) is 0 Å². The molecule has 1 aromatic rings. The van der Waals surface area contributed by atoms with Crippen molar-refractivity contribution in [1.82, 2.24) is 20.3 Å². The standard InChI is InChI=1S/C10H18N4O/c1-14-7-9(12-13-14)6-10(15)8-2-4-11-5-3-8/h7-8,10-11,15H,2-6H2,1H3. The predicted molar refractivity (Wildman–Crippen MR) is 56.3 cm³/mol. The highest BCUT2D eigenvalue weighted by Gasteiger charge is 2.22. The first kappa shape index (κ1) is 10.6. The van der Waals surface area contributed by atoms with Crippen LogP contribution in [0.5, 0.6) is 0 Å². The fraction of sp³-hybridized carbons (Fsp3) is 0.800. The van der Waals surface area contributed by atoms with Gasteiger partial charge < -0.3 is 10.4 Å². The topological polar surface area (TPSA) is 63.0 Å². The molecule has 2 heterocycles. The number of aromatic nitrogens is 3. The van der Waals surface area contributed by atoms with E-state index in [9.17, 15) is 5.11 Å². The van der Waals surface area contributed by atoms with Gasteiger partial charge in [-0.3, -0.25) is 4.68 Å². The largest absolute Gasteiger partial charge is 0.392 e. The molecule has 1 aliphatic heterocycles. The molecule has 0 spiro atoms. The number of piperidine rings is 1. The van der Waals surface area contributed by atoms with Crippen LogP contribution in [-0.2, 0) is 13.5 Å². The molecular weight excluding hydrogens is 192 g/mol. The molecule has 0 bridgehead atoms. The second kappa shape index (κ2) is 4.72. The van der Waals surface area contributed by atoms with E-state index in [2.05, 4.69) is 15.6 Å². The minimum Gasteiger partial charge on any atom is -0.392 e. The molecule has 0 radical (unpaired) electrons. The van der Waals surface area contributed by atoms with Crippen molar-refractivity contribution in [1.29, 1.82) is 0 Å². The summed E-state index contributed by atoms with van der Waals surface area (Å²) < 4.78 is 1.67. The number of hydrogen-bond acceptors (Lipinski definition) is 4. The highest BCUT2D eigenvalue weighted by molar-refractivity contribution is 4.95. The quantitative estimate of drug-likeness (QED) is 0.720. The van der Waals surface area contributed by atoms with Gasteiger partial charge in [0.2, 0.25) is 0 Å². The van der Waals surface area contributed by atoms with Crippen LogP contribution >= 0.6 is 0 Å². The summed E-state index contributed by atoms with van der Waals surface area (Å²) >= 11 is 0. The number of rotatable bonds is 3. The molecule has 1 aliphatic rings. The molecule has 1 atom stereocenters. The van der Waals surface area contributed by atoms with E-state index < -0.39 is 0 Å². The van der Waals surface area contributed by atoms with Crippen LogP contribution in [0.25, 0.3) is 0 Å². The average Bonchev–Trinajstić information content (AvgIpc) is 2.65. The summed E-state index contributed by atoms with van der Waals surface area (Å²) in [6.45, 7) is 2.03. The normalized spacial score (nSPS) is 20.4. The lowest BCUT2D eigenvalue weighted by molar-refractivity contribution is 0.0882. The Kier molecular flexibility index (Phi) is 3.33. The Morgan fingerprint density at radius 2 is 2.33 bits per heavy atom. The molecule has 1 saturated heterocycles. The first-order chi connectivity index (χ1) is 7.25. The van der Waals surface area contributed by atoms with Gasteiger partial charge in [-0.05, 0) is 31.8 Å². The van der Waals surface area contributed by atoms with Gasteiger partial charge in [0.25, 0.3) is 0 Å². The molecular formula is C10H18N4O. The van der Waals surface area contributed by atoms with Gasteiger partial charge >= 0.3 is 0 Å². The van der Waals surface area contributed by atoms with E-state index in [1.165, 1.54) is 0 Å². The van der Waals surface area contributed by atoms with Crippen molar-refractivity contribution in [3.05, 3.63) is 11.9 Å². The van der Waals surface area contributed by atoms with E-state index >= 15 is 0 Å². The zero-order chi connectivity index (χ0) is 10.7. The SMILES string of the molecule is Cn1cc(CC(O)C2CCNCC2)nn1. The van der Waals surface area contributed by atoms with E-state index in [1.807, 2.05) is 13.2 Å². The monoisotopic (exact) mass is 210 g/mol. The number of aliphatic hydroxyl groups is 1. The van der Waals surface area contributed by atoms with Gasteiger partial charge in [0, 0.05) is 19.7 Å². The van der Waals surface area contributed by atoms with Crippen LogP contribution in [0.3, 0.4) is 0 Å². The zero-order valence-corrected chi connectivity index (χ0v) is 9.06. The summed E-state index contributed by atoms with van der Waals surface area (Å²) in [5.41, 5.74) is 0.878. The molecule has 15 heavy (non-hydrogen) atoms. The first-order valence-electron chi connectivity index (χ1n) is 5.49. The maximum Gasteiger partial charge on any atom is 0.0852 e. The fourth-order valence-corrected chi connectivity index (χ4v) is 2.10. The van der Waals surface area contributed by atoms with Gasteiger partial charge in [0.05, 0.1) is 11.8 Å². The Morgan fingerprint density at radius 3 is 2.93 bits per heavy atom. The molecule has 1 unspecified atom stereocenters. The van der Waals surface area contributed by atoms with Crippen LogP contribution in [0.4, 0.5) is 0 Å². The minimum absolute atomic E-state index is 0.274. The molecule has 0 amide bonds. The maximum atomic E-state index is 10.0. The van der Waals surface area contributed by atoms with Crippen LogP contribution in [0, 0.1) is 5.92 Å². The summed E-state index contributed by atoms with van der Waals surface area (Å²) in [4.78, 5) is 0. The lowest BCUT2D eigenvalue weighted by Crippen LogP contribution is -2.35. The summed E-state index contributed by atoms with van der Waals surface area (Å²) in [5.74, 6) is 0.410. The molecule has 5 nitrogen and oxygen atoms in total. The van der Waals surface area contributed by atoms with Crippen molar-refractivity contribution in [3.8, 4) is 0 Å². The summed E-state index contributed by atoms with van der Waals surface area (Å²) in [5, 5.41) is 21.2. The second-order valence-electron chi connectivity index (χ2n) is 4.24. The first-order valence-corrected chi connectivity index (χ1v) is 5.49. The minimum atomic E-state index is -0.274. The smallest absolute Gasteiger partial charge is 0.0852 e. The lowest BCUT2D eigenvalue weighted by atomic mass is 9.90. The predicted octanol–water partition coefficient (Wildman–Crippen LogP) is -0.282. The Labute approximate surface area is 89.5 Å². The van der Waals surface area contributed by atoms with Crippen molar-refractivity contribution in [2.45, 2.75) is 25.4 Å². The third kappa shape index (κ3) is 2.76. The summed E-state index contributed by atoms with van der Waals surface area (Å²) in [6.07, 6.45) is 4.33. The Balaban J connectivity index is 1.88. The molecule has 1 aromatic heterocycles. The van der Waals surface area contributed by atoms with Gasteiger partial charge in [0.1, 0.15) is 0 Å².